The van der Waals surface area contributed by atoms with Crippen molar-refractivity contribution < 1.29 is 0 Å². The summed E-state index contributed by atoms with van der Waals surface area (Å²) in [5.41, 5.74) is 11.0. The predicted octanol–water partition coefficient (Wildman–Crippen LogP) is 4.71. The standard InChI is InChI=1S/C19H23ClN2/c20-17-11-10-16-9-8-15-6-2-3-7-18(15)22(19(16)14-17)13-5-1-4-12-21/h2-3,6-7,10-11,14H,1,4-5,8-9,12-13,21H2. The topological polar surface area (TPSA) is 29.3 Å². The molecule has 0 spiro atoms. The SMILES string of the molecule is NCCCCCN1c2ccccc2CCc2ccc(Cl)cc21. The first-order valence-electron chi connectivity index (χ1n) is 8.13. The van der Waals surface area contributed by atoms with Crippen LogP contribution in [0.1, 0.15) is 30.4 Å². The predicted molar refractivity (Wildman–Crippen MR) is 95.2 cm³/mol. The quantitative estimate of drug-likeness (QED) is 0.810. The Morgan fingerprint density at radius 3 is 2.50 bits per heavy atom. The molecule has 1 aliphatic heterocycles. The molecule has 3 heteroatoms. The second-order valence-electron chi connectivity index (χ2n) is 5.90. The largest absolute Gasteiger partial charge is 0.341 e. The molecular weight excluding hydrogens is 292 g/mol. The van der Waals surface area contributed by atoms with Gasteiger partial charge in [0.15, 0.2) is 0 Å². The lowest BCUT2D eigenvalue weighted by molar-refractivity contribution is 0.687. The van der Waals surface area contributed by atoms with Gasteiger partial charge in [-0.25, -0.2) is 0 Å². The normalized spacial score (nSPS) is 13.5. The van der Waals surface area contributed by atoms with E-state index >= 15 is 0 Å². The van der Waals surface area contributed by atoms with Crippen LogP contribution in [0.15, 0.2) is 42.5 Å². The van der Waals surface area contributed by atoms with Crippen LogP contribution in [0.2, 0.25) is 5.02 Å². The number of para-hydroxylation sites is 1. The highest BCUT2D eigenvalue weighted by Crippen LogP contribution is 2.37. The van der Waals surface area contributed by atoms with Crippen LogP contribution in [-0.4, -0.2) is 13.1 Å². The van der Waals surface area contributed by atoms with Gasteiger partial charge in [0.1, 0.15) is 0 Å². The Morgan fingerprint density at radius 1 is 0.909 bits per heavy atom. The molecule has 1 heterocycles. The minimum absolute atomic E-state index is 0.777. The molecule has 2 aromatic carbocycles. The maximum atomic E-state index is 6.26. The van der Waals surface area contributed by atoms with Gasteiger partial charge >= 0.3 is 0 Å². The summed E-state index contributed by atoms with van der Waals surface area (Å²) in [5.74, 6) is 0. The molecule has 2 N–H and O–H groups in total. The summed E-state index contributed by atoms with van der Waals surface area (Å²) < 4.78 is 0. The van der Waals surface area contributed by atoms with E-state index in [9.17, 15) is 0 Å². The number of hydrogen-bond acceptors (Lipinski definition) is 2. The van der Waals surface area contributed by atoms with E-state index in [-0.39, 0.29) is 0 Å². The Morgan fingerprint density at radius 2 is 1.68 bits per heavy atom. The zero-order valence-electron chi connectivity index (χ0n) is 12.9. The van der Waals surface area contributed by atoms with Crippen molar-refractivity contribution in [3.05, 3.63) is 58.6 Å². The van der Waals surface area contributed by atoms with Gasteiger partial charge in [0.25, 0.3) is 0 Å². The summed E-state index contributed by atoms with van der Waals surface area (Å²) >= 11 is 6.26. The molecule has 0 bridgehead atoms. The van der Waals surface area contributed by atoms with Gasteiger partial charge in [-0.15, -0.1) is 0 Å². The number of unbranched alkanes of at least 4 members (excludes halogenated alkanes) is 2. The number of benzene rings is 2. The van der Waals surface area contributed by atoms with Gasteiger partial charge in [0.2, 0.25) is 0 Å². The van der Waals surface area contributed by atoms with E-state index in [1.54, 1.807) is 0 Å². The van der Waals surface area contributed by atoms with E-state index in [0.29, 0.717) is 0 Å². The van der Waals surface area contributed by atoms with E-state index < -0.39 is 0 Å². The molecule has 0 atom stereocenters. The van der Waals surface area contributed by atoms with Crippen molar-refractivity contribution in [1.29, 1.82) is 0 Å². The number of anilines is 2. The van der Waals surface area contributed by atoms with Crippen LogP contribution in [-0.2, 0) is 12.8 Å². The molecule has 0 unspecified atom stereocenters. The van der Waals surface area contributed by atoms with Gasteiger partial charge in [-0.05, 0) is 61.6 Å². The highest BCUT2D eigenvalue weighted by molar-refractivity contribution is 6.30. The highest BCUT2D eigenvalue weighted by atomic mass is 35.5. The Labute approximate surface area is 137 Å². The van der Waals surface area contributed by atoms with Crippen LogP contribution in [0.5, 0.6) is 0 Å². The summed E-state index contributed by atoms with van der Waals surface area (Å²) in [6.07, 6.45) is 5.58. The minimum Gasteiger partial charge on any atom is -0.341 e. The summed E-state index contributed by atoms with van der Waals surface area (Å²) in [6, 6.07) is 15.0. The van der Waals surface area contributed by atoms with Gasteiger partial charge in [0.05, 0.1) is 0 Å². The van der Waals surface area contributed by atoms with Crippen LogP contribution in [0.3, 0.4) is 0 Å². The van der Waals surface area contributed by atoms with E-state index in [4.69, 9.17) is 17.3 Å². The lowest BCUT2D eigenvalue weighted by Gasteiger charge is -2.27. The summed E-state index contributed by atoms with van der Waals surface area (Å²) in [7, 11) is 0. The van der Waals surface area contributed by atoms with Gasteiger partial charge in [-0.3, -0.25) is 0 Å². The van der Waals surface area contributed by atoms with Crippen molar-refractivity contribution >= 4 is 23.0 Å². The van der Waals surface area contributed by atoms with E-state index in [2.05, 4.69) is 41.3 Å². The number of rotatable bonds is 5. The molecule has 116 valence electrons. The number of nitrogens with two attached hydrogens (primary N) is 1. The summed E-state index contributed by atoms with van der Waals surface area (Å²) in [4.78, 5) is 2.44. The third-order valence-corrected chi connectivity index (χ3v) is 4.61. The maximum Gasteiger partial charge on any atom is 0.0458 e. The van der Waals surface area contributed by atoms with E-state index in [1.807, 2.05) is 6.07 Å². The van der Waals surface area contributed by atoms with Crippen LogP contribution in [0, 0.1) is 0 Å². The fraction of sp³-hybridized carbons (Fsp3) is 0.368. The zero-order chi connectivity index (χ0) is 15.4. The summed E-state index contributed by atoms with van der Waals surface area (Å²) in [5, 5.41) is 0.810. The third kappa shape index (κ3) is 3.29. The zero-order valence-corrected chi connectivity index (χ0v) is 13.6. The van der Waals surface area contributed by atoms with Crippen molar-refractivity contribution in [2.24, 2.45) is 5.73 Å². The monoisotopic (exact) mass is 314 g/mol. The molecule has 0 saturated carbocycles. The van der Waals surface area contributed by atoms with Gasteiger partial charge in [-0.2, -0.15) is 0 Å². The molecule has 22 heavy (non-hydrogen) atoms. The number of hydrogen-bond donors (Lipinski definition) is 1. The van der Waals surface area contributed by atoms with E-state index in [1.165, 1.54) is 28.9 Å². The lowest BCUT2D eigenvalue weighted by Crippen LogP contribution is -2.20. The molecule has 3 rings (SSSR count). The minimum atomic E-state index is 0.777. The van der Waals surface area contributed by atoms with Crippen LogP contribution in [0.4, 0.5) is 11.4 Å². The molecule has 0 aromatic heterocycles. The van der Waals surface area contributed by atoms with Gasteiger partial charge in [0, 0.05) is 22.9 Å². The maximum absolute atomic E-state index is 6.26. The molecular formula is C19H23ClN2. The Bertz CT molecular complexity index is 639. The fourth-order valence-corrected chi connectivity index (χ4v) is 3.38. The van der Waals surface area contributed by atoms with Crippen LogP contribution in [0.25, 0.3) is 0 Å². The van der Waals surface area contributed by atoms with Crippen molar-refractivity contribution in [3.8, 4) is 0 Å². The lowest BCUT2D eigenvalue weighted by atomic mass is 10.0. The molecule has 0 radical (unpaired) electrons. The molecule has 0 saturated heterocycles. The van der Waals surface area contributed by atoms with E-state index in [0.717, 1.165) is 43.8 Å². The number of halogens is 1. The average Bonchev–Trinajstić information content (AvgIpc) is 2.69. The average molecular weight is 315 g/mol. The molecule has 2 aromatic rings. The summed E-state index contributed by atoms with van der Waals surface area (Å²) in [6.45, 7) is 1.79. The van der Waals surface area contributed by atoms with Crippen molar-refractivity contribution in [2.45, 2.75) is 32.1 Å². The smallest absolute Gasteiger partial charge is 0.0458 e. The first-order chi connectivity index (χ1) is 10.8. The number of nitrogens with zero attached hydrogens (tertiary/aromatic N) is 1. The van der Waals surface area contributed by atoms with Gasteiger partial charge < -0.3 is 10.6 Å². The molecule has 2 nitrogen and oxygen atoms in total. The third-order valence-electron chi connectivity index (χ3n) is 4.37. The number of aryl methyl sites for hydroxylation is 2. The highest BCUT2D eigenvalue weighted by Gasteiger charge is 2.20. The molecule has 0 fully saturated rings. The van der Waals surface area contributed by atoms with Crippen molar-refractivity contribution in [3.63, 3.8) is 0 Å². The number of fused-ring (bicyclic) bond motifs is 2. The Kier molecular flexibility index (Phi) is 5.01. The van der Waals surface area contributed by atoms with Crippen LogP contribution >= 0.6 is 11.6 Å². The first kappa shape index (κ1) is 15.4. The molecule has 0 aliphatic carbocycles. The van der Waals surface area contributed by atoms with Crippen LogP contribution < -0.4 is 10.6 Å². The van der Waals surface area contributed by atoms with Crippen molar-refractivity contribution in [2.75, 3.05) is 18.0 Å². The second-order valence-corrected chi connectivity index (χ2v) is 6.34. The fourth-order valence-electron chi connectivity index (χ4n) is 3.22. The molecule has 0 amide bonds. The first-order valence-corrected chi connectivity index (χ1v) is 8.51. The second kappa shape index (κ2) is 7.17. The molecule has 1 aliphatic rings. The Hall–Kier alpha value is -1.51. The Balaban J connectivity index is 1.95. The van der Waals surface area contributed by atoms with Gasteiger partial charge in [-0.1, -0.05) is 42.3 Å². The van der Waals surface area contributed by atoms with Crippen molar-refractivity contribution in [1.82, 2.24) is 0 Å².